The van der Waals surface area contributed by atoms with E-state index in [0.717, 1.165) is 23.6 Å². The van der Waals surface area contributed by atoms with Crippen LogP contribution < -0.4 is 19.7 Å². The second-order valence-electron chi connectivity index (χ2n) is 8.73. The van der Waals surface area contributed by atoms with E-state index >= 15 is 0 Å². The molecule has 184 valence electrons. The molecule has 35 heavy (non-hydrogen) atoms. The zero-order valence-corrected chi connectivity index (χ0v) is 20.7. The number of rotatable bonds is 5. The Morgan fingerprint density at radius 3 is 2.31 bits per heavy atom. The van der Waals surface area contributed by atoms with E-state index < -0.39 is 10.0 Å². The lowest BCUT2D eigenvalue weighted by atomic mass is 10.2. The van der Waals surface area contributed by atoms with Crippen molar-refractivity contribution in [1.29, 1.82) is 0 Å². The van der Waals surface area contributed by atoms with E-state index in [1.165, 1.54) is 9.87 Å². The van der Waals surface area contributed by atoms with Gasteiger partial charge in [0.05, 0.1) is 18.1 Å². The smallest absolute Gasteiger partial charge is 0.243 e. The molecule has 0 saturated carbocycles. The van der Waals surface area contributed by atoms with E-state index in [1.807, 2.05) is 44.2 Å². The molecule has 5 rings (SSSR count). The summed E-state index contributed by atoms with van der Waals surface area (Å²) in [4.78, 5) is 11.5. The number of nitrogens with zero attached hydrogens (tertiary/aromatic N) is 4. The molecule has 0 aliphatic carbocycles. The number of anilines is 3. The summed E-state index contributed by atoms with van der Waals surface area (Å²) in [5.41, 5.74) is 2.94. The van der Waals surface area contributed by atoms with E-state index in [9.17, 15) is 8.42 Å². The van der Waals surface area contributed by atoms with Gasteiger partial charge in [-0.2, -0.15) is 9.29 Å². The van der Waals surface area contributed by atoms with Crippen LogP contribution in [0.15, 0.2) is 53.4 Å². The molecule has 1 N–H and O–H groups in total. The molecule has 10 heteroatoms. The number of aromatic nitrogens is 2. The molecule has 2 aliphatic heterocycles. The summed E-state index contributed by atoms with van der Waals surface area (Å²) >= 11 is 0. The number of sulfonamides is 1. The summed E-state index contributed by atoms with van der Waals surface area (Å²) in [6, 6.07) is 14.8. The van der Waals surface area contributed by atoms with Crippen molar-refractivity contribution in [3.05, 3.63) is 59.8 Å². The number of fused-ring (bicyclic) bond motifs is 1. The molecule has 1 saturated heterocycles. The topological polar surface area (TPSA) is 96.9 Å². The molecule has 2 aromatic carbocycles. The van der Waals surface area contributed by atoms with Crippen molar-refractivity contribution >= 4 is 27.5 Å². The molecule has 3 aromatic rings. The van der Waals surface area contributed by atoms with Crippen molar-refractivity contribution in [3.8, 4) is 11.5 Å². The third kappa shape index (κ3) is 5.18. The number of benzene rings is 2. The van der Waals surface area contributed by atoms with Crippen molar-refractivity contribution in [2.75, 3.05) is 49.6 Å². The van der Waals surface area contributed by atoms with Crippen LogP contribution in [0, 0.1) is 13.8 Å². The lowest BCUT2D eigenvalue weighted by molar-refractivity contribution is 0.296. The summed E-state index contributed by atoms with van der Waals surface area (Å²) in [6.45, 7) is 6.83. The zero-order valence-electron chi connectivity index (χ0n) is 19.9. The van der Waals surface area contributed by atoms with Crippen molar-refractivity contribution in [3.63, 3.8) is 0 Å². The number of ether oxygens (including phenoxy) is 2. The van der Waals surface area contributed by atoms with Crippen LogP contribution in [-0.4, -0.2) is 62.1 Å². The van der Waals surface area contributed by atoms with Gasteiger partial charge in [-0.1, -0.05) is 17.7 Å². The van der Waals surface area contributed by atoms with Gasteiger partial charge in [0, 0.05) is 56.1 Å². The molecule has 2 aliphatic rings. The van der Waals surface area contributed by atoms with Crippen LogP contribution in [-0.2, 0) is 10.0 Å². The lowest BCUT2D eigenvalue weighted by Crippen LogP contribution is -2.49. The molecule has 0 radical (unpaired) electrons. The van der Waals surface area contributed by atoms with Gasteiger partial charge < -0.3 is 19.7 Å². The van der Waals surface area contributed by atoms with Crippen LogP contribution in [0.3, 0.4) is 0 Å². The number of piperazine rings is 1. The highest BCUT2D eigenvalue weighted by Crippen LogP contribution is 2.33. The average molecular weight is 496 g/mol. The van der Waals surface area contributed by atoms with Crippen LogP contribution in [0.2, 0.25) is 0 Å². The Morgan fingerprint density at radius 1 is 0.857 bits per heavy atom. The number of hydrogen-bond acceptors (Lipinski definition) is 8. The van der Waals surface area contributed by atoms with Crippen LogP contribution >= 0.6 is 0 Å². The summed E-state index contributed by atoms with van der Waals surface area (Å²) in [7, 11) is -3.65. The second-order valence-corrected chi connectivity index (χ2v) is 10.7. The minimum atomic E-state index is -3.65. The zero-order chi connectivity index (χ0) is 24.4. The SMILES string of the molecule is Cc1ccc(Nc2nc(C)cc(N3CCN(S(=O)(=O)c4ccc5c(c4)OCCCO5)CC3)n2)cc1. The predicted molar refractivity (Wildman–Crippen MR) is 134 cm³/mol. The third-order valence-corrected chi connectivity index (χ3v) is 7.96. The van der Waals surface area contributed by atoms with Crippen LogP contribution in [0.5, 0.6) is 11.5 Å². The fourth-order valence-electron chi connectivity index (χ4n) is 4.15. The van der Waals surface area contributed by atoms with Gasteiger partial charge in [0.25, 0.3) is 0 Å². The highest BCUT2D eigenvalue weighted by molar-refractivity contribution is 7.89. The number of hydrogen-bond donors (Lipinski definition) is 1. The predicted octanol–water partition coefficient (Wildman–Crippen LogP) is 3.51. The van der Waals surface area contributed by atoms with Crippen LogP contribution in [0.4, 0.5) is 17.5 Å². The van der Waals surface area contributed by atoms with Gasteiger partial charge in [0.1, 0.15) is 5.82 Å². The van der Waals surface area contributed by atoms with Crippen molar-refractivity contribution in [2.45, 2.75) is 25.2 Å². The van der Waals surface area contributed by atoms with Crippen LogP contribution in [0.1, 0.15) is 17.7 Å². The minimum Gasteiger partial charge on any atom is -0.490 e. The fourth-order valence-corrected chi connectivity index (χ4v) is 5.58. The molecule has 0 spiro atoms. The van der Waals surface area contributed by atoms with Crippen molar-refractivity contribution < 1.29 is 17.9 Å². The van der Waals surface area contributed by atoms with Gasteiger partial charge in [-0.05, 0) is 38.1 Å². The number of nitrogens with one attached hydrogen (secondary N) is 1. The highest BCUT2D eigenvalue weighted by atomic mass is 32.2. The summed E-state index contributed by atoms with van der Waals surface area (Å²) in [6.07, 6.45) is 0.767. The summed E-state index contributed by atoms with van der Waals surface area (Å²) < 4.78 is 39.5. The first-order chi connectivity index (χ1) is 16.9. The first-order valence-corrected chi connectivity index (χ1v) is 13.2. The maximum atomic E-state index is 13.3. The number of aryl methyl sites for hydroxylation is 2. The molecule has 1 fully saturated rings. The first-order valence-electron chi connectivity index (χ1n) is 11.7. The Morgan fingerprint density at radius 2 is 1.57 bits per heavy atom. The average Bonchev–Trinajstić information content (AvgIpc) is 3.10. The van der Waals surface area contributed by atoms with E-state index in [1.54, 1.807) is 18.2 Å². The summed E-state index contributed by atoms with van der Waals surface area (Å²) in [5.74, 6) is 2.36. The monoisotopic (exact) mass is 495 g/mol. The Labute approximate surface area is 205 Å². The molecule has 1 aromatic heterocycles. The van der Waals surface area contributed by atoms with E-state index in [0.29, 0.717) is 56.8 Å². The molecular formula is C25H29N5O4S. The normalized spacial score (nSPS) is 16.6. The van der Waals surface area contributed by atoms with Gasteiger partial charge in [-0.3, -0.25) is 0 Å². The first kappa shape index (κ1) is 23.4. The van der Waals surface area contributed by atoms with E-state index in [2.05, 4.69) is 20.2 Å². The molecule has 0 unspecified atom stereocenters. The van der Waals surface area contributed by atoms with Gasteiger partial charge in [0.2, 0.25) is 16.0 Å². The Hall–Kier alpha value is -3.37. The van der Waals surface area contributed by atoms with Gasteiger partial charge in [-0.25, -0.2) is 13.4 Å². The Kier molecular flexibility index (Phi) is 6.48. The molecule has 0 amide bonds. The van der Waals surface area contributed by atoms with Gasteiger partial charge >= 0.3 is 0 Å². The minimum absolute atomic E-state index is 0.220. The Balaban J connectivity index is 1.28. The van der Waals surface area contributed by atoms with Crippen molar-refractivity contribution in [2.24, 2.45) is 0 Å². The molecule has 3 heterocycles. The summed E-state index contributed by atoms with van der Waals surface area (Å²) in [5, 5.41) is 3.26. The van der Waals surface area contributed by atoms with E-state index in [-0.39, 0.29) is 4.90 Å². The maximum Gasteiger partial charge on any atom is 0.243 e. The highest BCUT2D eigenvalue weighted by Gasteiger charge is 2.30. The van der Waals surface area contributed by atoms with E-state index in [4.69, 9.17) is 9.47 Å². The van der Waals surface area contributed by atoms with Gasteiger partial charge in [-0.15, -0.1) is 0 Å². The molecule has 9 nitrogen and oxygen atoms in total. The maximum absolute atomic E-state index is 13.3. The standard InChI is InChI=1S/C25H29N5O4S/c1-18-4-6-20(7-5-18)27-25-26-19(2)16-24(28-25)29-10-12-30(13-11-29)35(31,32)21-8-9-22-23(17-21)34-15-3-14-33-22/h4-9,16-17H,3,10-15H2,1-2H3,(H,26,27,28). The fraction of sp³-hybridized carbons (Fsp3) is 0.360. The third-order valence-electron chi connectivity index (χ3n) is 6.07. The Bertz CT molecular complexity index is 1310. The van der Waals surface area contributed by atoms with Crippen molar-refractivity contribution in [1.82, 2.24) is 14.3 Å². The largest absolute Gasteiger partial charge is 0.490 e. The molecule has 0 bridgehead atoms. The quantitative estimate of drug-likeness (QED) is 0.575. The molecule has 0 atom stereocenters. The molecular weight excluding hydrogens is 466 g/mol. The van der Waals surface area contributed by atoms with Crippen LogP contribution in [0.25, 0.3) is 0 Å². The second kappa shape index (κ2) is 9.71. The lowest BCUT2D eigenvalue weighted by Gasteiger charge is -2.34. The van der Waals surface area contributed by atoms with Gasteiger partial charge in [0.15, 0.2) is 11.5 Å².